The number of Topliss-reactive ketones (excluding diaryl/α,β-unsaturated/α-hetero) is 1. The van der Waals surface area contributed by atoms with Crippen molar-refractivity contribution in [3.63, 3.8) is 0 Å². The quantitative estimate of drug-likeness (QED) is 0.675. The molecule has 0 bridgehead atoms. The van der Waals surface area contributed by atoms with Crippen LogP contribution in [-0.2, 0) is 6.42 Å². The maximum Gasteiger partial charge on any atom is 0.287 e. The summed E-state index contributed by atoms with van der Waals surface area (Å²) in [5, 5.41) is 3.59. The molecule has 1 amide bonds. The van der Waals surface area contributed by atoms with Gasteiger partial charge in [0, 0.05) is 17.5 Å². The van der Waals surface area contributed by atoms with Crippen LogP contribution in [0, 0.1) is 6.92 Å². The van der Waals surface area contributed by atoms with E-state index in [9.17, 15) is 9.59 Å². The molecule has 2 aromatic carbocycles. The molecule has 2 heterocycles. The van der Waals surface area contributed by atoms with E-state index in [0.29, 0.717) is 40.8 Å². The summed E-state index contributed by atoms with van der Waals surface area (Å²) in [6.07, 6.45) is 1.80. The van der Waals surface area contributed by atoms with Gasteiger partial charge >= 0.3 is 0 Å². The molecule has 5 heteroatoms. The third-order valence-electron chi connectivity index (χ3n) is 5.72. The molecule has 0 aliphatic carbocycles. The second kappa shape index (κ2) is 7.39. The monoisotopic (exact) mass is 391 g/mol. The van der Waals surface area contributed by atoms with Gasteiger partial charge in [-0.15, -0.1) is 0 Å². The maximum atomic E-state index is 12.9. The van der Waals surface area contributed by atoms with Crippen molar-refractivity contribution in [1.82, 2.24) is 5.32 Å². The van der Waals surface area contributed by atoms with E-state index in [0.717, 1.165) is 18.4 Å². The van der Waals surface area contributed by atoms with Gasteiger partial charge in [0.15, 0.2) is 11.5 Å². The number of furan rings is 1. The summed E-state index contributed by atoms with van der Waals surface area (Å²) in [6, 6.07) is 13.5. The minimum Gasteiger partial charge on any atom is -0.486 e. The highest BCUT2D eigenvalue weighted by atomic mass is 16.5. The highest BCUT2D eigenvalue weighted by Crippen LogP contribution is 2.41. The summed E-state index contributed by atoms with van der Waals surface area (Å²) in [5.41, 5.74) is 2.40. The van der Waals surface area contributed by atoms with Crippen LogP contribution in [0.1, 0.15) is 58.7 Å². The molecule has 0 saturated heterocycles. The Morgan fingerprint density at radius 1 is 1.17 bits per heavy atom. The first-order valence-electron chi connectivity index (χ1n) is 10.0. The fourth-order valence-corrected chi connectivity index (χ4v) is 3.87. The highest BCUT2D eigenvalue weighted by molar-refractivity contribution is 6.13. The van der Waals surface area contributed by atoms with Gasteiger partial charge in [0.05, 0.1) is 12.0 Å². The molecular formula is C24H25NO4. The van der Waals surface area contributed by atoms with E-state index < -0.39 is 5.60 Å². The van der Waals surface area contributed by atoms with Gasteiger partial charge in [-0.3, -0.25) is 9.59 Å². The number of nitrogens with one attached hydrogen (secondary N) is 1. The second-order valence-corrected chi connectivity index (χ2v) is 7.86. The fourth-order valence-electron chi connectivity index (χ4n) is 3.87. The summed E-state index contributed by atoms with van der Waals surface area (Å²) in [4.78, 5) is 25.6. The Labute approximate surface area is 170 Å². The summed E-state index contributed by atoms with van der Waals surface area (Å²) >= 11 is 0. The number of carbonyl (C=O) groups excluding carboxylic acids is 2. The molecule has 0 saturated carbocycles. The molecule has 1 aliphatic heterocycles. The van der Waals surface area contributed by atoms with E-state index in [1.165, 1.54) is 0 Å². The fraction of sp³-hybridized carbons (Fsp3) is 0.333. The van der Waals surface area contributed by atoms with Crippen LogP contribution in [0.3, 0.4) is 0 Å². The zero-order valence-corrected chi connectivity index (χ0v) is 17.0. The molecule has 150 valence electrons. The van der Waals surface area contributed by atoms with Crippen molar-refractivity contribution in [3.05, 3.63) is 64.9 Å². The lowest BCUT2D eigenvalue weighted by Gasteiger charge is -2.34. The van der Waals surface area contributed by atoms with Crippen molar-refractivity contribution in [3.8, 4) is 5.75 Å². The topological polar surface area (TPSA) is 68.5 Å². The van der Waals surface area contributed by atoms with Crippen molar-refractivity contribution in [2.45, 2.75) is 45.6 Å². The Bertz CT molecular complexity index is 1080. The standard InChI is InChI=1S/C24H25NO4/c1-4-24(3)14-17(26)21-19(29-24)11-10-18-20(21)15(2)22(28-18)23(27)25-13-12-16-8-6-5-7-9-16/h5-11H,4,12-14H2,1-3H3,(H,25,27)/t24-/m1/s1. The molecule has 0 unspecified atom stereocenters. The molecule has 1 aliphatic rings. The third kappa shape index (κ3) is 3.53. The Balaban J connectivity index is 1.60. The summed E-state index contributed by atoms with van der Waals surface area (Å²) in [5.74, 6) is 0.572. The average molecular weight is 391 g/mol. The Kier molecular flexibility index (Phi) is 4.91. The molecule has 0 radical (unpaired) electrons. The first-order valence-corrected chi connectivity index (χ1v) is 10.0. The Hall–Kier alpha value is -3.08. The molecule has 0 spiro atoms. The van der Waals surface area contributed by atoms with Gasteiger partial charge in [-0.25, -0.2) is 0 Å². The first kappa shape index (κ1) is 19.2. The van der Waals surface area contributed by atoms with Crippen LogP contribution >= 0.6 is 0 Å². The predicted molar refractivity (Wildman–Crippen MR) is 112 cm³/mol. The van der Waals surface area contributed by atoms with Gasteiger partial charge in [-0.2, -0.15) is 0 Å². The summed E-state index contributed by atoms with van der Waals surface area (Å²) < 4.78 is 12.0. The maximum absolute atomic E-state index is 12.9. The predicted octanol–water partition coefficient (Wildman–Crippen LogP) is 4.85. The van der Waals surface area contributed by atoms with Gasteiger partial charge in [0.1, 0.15) is 16.9 Å². The van der Waals surface area contributed by atoms with Gasteiger partial charge in [-0.05, 0) is 44.4 Å². The van der Waals surface area contributed by atoms with Crippen LogP contribution in [0.4, 0.5) is 0 Å². The van der Waals surface area contributed by atoms with Crippen LogP contribution in [0.5, 0.6) is 5.75 Å². The van der Waals surface area contributed by atoms with E-state index in [1.807, 2.05) is 51.1 Å². The van der Waals surface area contributed by atoms with Crippen molar-refractivity contribution >= 4 is 22.7 Å². The molecule has 1 aromatic heterocycles. The highest BCUT2D eigenvalue weighted by Gasteiger charge is 2.37. The molecule has 5 nitrogen and oxygen atoms in total. The molecule has 3 aromatic rings. The number of amides is 1. The van der Waals surface area contributed by atoms with Crippen LogP contribution in [0.15, 0.2) is 46.9 Å². The van der Waals surface area contributed by atoms with Crippen molar-refractivity contribution in [2.24, 2.45) is 0 Å². The van der Waals surface area contributed by atoms with Gasteiger partial charge in [0.2, 0.25) is 0 Å². The Morgan fingerprint density at radius 3 is 2.66 bits per heavy atom. The number of hydrogen-bond donors (Lipinski definition) is 1. The first-order chi connectivity index (χ1) is 13.9. The largest absolute Gasteiger partial charge is 0.486 e. The van der Waals surface area contributed by atoms with Gasteiger partial charge in [0.25, 0.3) is 5.91 Å². The molecule has 4 rings (SSSR count). The van der Waals surface area contributed by atoms with E-state index in [2.05, 4.69) is 5.32 Å². The number of hydrogen-bond acceptors (Lipinski definition) is 4. The lowest BCUT2D eigenvalue weighted by Crippen LogP contribution is -2.38. The summed E-state index contributed by atoms with van der Waals surface area (Å²) in [7, 11) is 0. The van der Waals surface area contributed by atoms with Crippen LogP contribution in [0.25, 0.3) is 11.0 Å². The number of aryl methyl sites for hydroxylation is 1. The lowest BCUT2D eigenvalue weighted by molar-refractivity contribution is 0.0503. The summed E-state index contributed by atoms with van der Waals surface area (Å²) in [6.45, 7) is 6.29. The number of benzene rings is 2. The third-order valence-corrected chi connectivity index (χ3v) is 5.72. The minimum absolute atomic E-state index is 0.0288. The normalized spacial score (nSPS) is 18.4. The molecule has 1 N–H and O–H groups in total. The number of carbonyl (C=O) groups is 2. The van der Waals surface area contributed by atoms with Gasteiger partial charge in [-0.1, -0.05) is 37.3 Å². The van der Waals surface area contributed by atoms with Gasteiger partial charge < -0.3 is 14.5 Å². The van der Waals surface area contributed by atoms with E-state index in [4.69, 9.17) is 9.15 Å². The number of rotatable bonds is 5. The van der Waals surface area contributed by atoms with Crippen molar-refractivity contribution in [1.29, 1.82) is 0 Å². The van der Waals surface area contributed by atoms with Crippen LogP contribution < -0.4 is 10.1 Å². The molecule has 0 fully saturated rings. The average Bonchev–Trinajstić information content (AvgIpc) is 3.05. The SMILES string of the molecule is CC[C@]1(C)CC(=O)c2c(ccc3oc(C(=O)NCCc4ccccc4)c(C)c23)O1. The number of ketones is 1. The molecule has 1 atom stereocenters. The van der Waals surface area contributed by atoms with Crippen molar-refractivity contribution < 1.29 is 18.7 Å². The smallest absolute Gasteiger partial charge is 0.287 e. The zero-order chi connectivity index (χ0) is 20.6. The zero-order valence-electron chi connectivity index (χ0n) is 17.0. The molecular weight excluding hydrogens is 366 g/mol. The minimum atomic E-state index is -0.493. The van der Waals surface area contributed by atoms with E-state index >= 15 is 0 Å². The van der Waals surface area contributed by atoms with Crippen molar-refractivity contribution in [2.75, 3.05) is 6.54 Å². The van der Waals surface area contributed by atoms with E-state index in [-0.39, 0.29) is 17.5 Å². The number of fused-ring (bicyclic) bond motifs is 3. The van der Waals surface area contributed by atoms with E-state index in [1.54, 1.807) is 12.1 Å². The second-order valence-electron chi connectivity index (χ2n) is 7.86. The molecule has 29 heavy (non-hydrogen) atoms. The Morgan fingerprint density at radius 2 is 1.93 bits per heavy atom. The lowest BCUT2D eigenvalue weighted by atomic mass is 9.87. The number of ether oxygens (including phenoxy) is 1. The van der Waals surface area contributed by atoms with Crippen LogP contribution in [0.2, 0.25) is 0 Å². The van der Waals surface area contributed by atoms with Crippen LogP contribution in [-0.4, -0.2) is 23.8 Å².